The van der Waals surface area contributed by atoms with E-state index in [2.05, 4.69) is 22.0 Å². The summed E-state index contributed by atoms with van der Waals surface area (Å²) >= 11 is 0. The molecule has 3 atom stereocenters. The normalized spacial score (nSPS) is 28.6. The molecule has 2 aliphatic heterocycles. The number of piperidine rings is 1. The minimum absolute atomic E-state index is 0.243. The molecule has 2 heterocycles. The average molecular weight is 296 g/mol. The van der Waals surface area contributed by atoms with Crippen LogP contribution in [0.5, 0.6) is 0 Å². The Morgan fingerprint density at radius 2 is 2.14 bits per heavy atom. The molecule has 0 saturated carbocycles. The highest BCUT2D eigenvalue weighted by Gasteiger charge is 2.36. The van der Waals surface area contributed by atoms with Gasteiger partial charge in [0.2, 0.25) is 5.91 Å². The molecule has 2 saturated heterocycles. The summed E-state index contributed by atoms with van der Waals surface area (Å²) in [4.78, 5) is 17.0. The number of fused-ring (bicyclic) bond motifs is 1. The van der Waals surface area contributed by atoms with Gasteiger partial charge in [-0.15, -0.1) is 0 Å². The zero-order valence-electron chi connectivity index (χ0n) is 13.9. The summed E-state index contributed by atoms with van der Waals surface area (Å²) < 4.78 is 0. The Bertz CT molecular complexity index is 362. The monoisotopic (exact) mass is 296 g/mol. The molecule has 2 fully saturated rings. The van der Waals surface area contributed by atoms with Gasteiger partial charge in [0.05, 0.1) is 5.54 Å². The molecule has 0 aromatic rings. The number of likely N-dealkylation sites (N-methyl/N-ethyl adjacent to an activating group) is 1. The van der Waals surface area contributed by atoms with Crippen molar-refractivity contribution in [2.45, 2.75) is 64.1 Å². The van der Waals surface area contributed by atoms with E-state index >= 15 is 0 Å². The van der Waals surface area contributed by atoms with Crippen molar-refractivity contribution in [3.8, 4) is 0 Å². The van der Waals surface area contributed by atoms with Gasteiger partial charge in [-0.1, -0.05) is 13.3 Å². The molecule has 2 rings (SSSR count). The fraction of sp³-hybridized carbons (Fsp3) is 0.938. The van der Waals surface area contributed by atoms with Gasteiger partial charge in [0.1, 0.15) is 0 Å². The van der Waals surface area contributed by atoms with Crippen molar-refractivity contribution < 1.29 is 4.79 Å². The van der Waals surface area contributed by atoms with Gasteiger partial charge >= 0.3 is 0 Å². The smallest absolute Gasteiger partial charge is 0.237 e. The molecular formula is C16H32N4O. The highest BCUT2D eigenvalue weighted by atomic mass is 16.1. The van der Waals surface area contributed by atoms with E-state index in [1.54, 1.807) is 0 Å². The van der Waals surface area contributed by atoms with E-state index in [1.807, 2.05) is 13.8 Å². The van der Waals surface area contributed by atoms with E-state index in [-0.39, 0.29) is 5.91 Å². The van der Waals surface area contributed by atoms with Crippen molar-refractivity contribution >= 4 is 5.91 Å². The number of piperazine rings is 1. The molecule has 122 valence electrons. The second kappa shape index (κ2) is 7.07. The third-order valence-electron chi connectivity index (χ3n) is 5.31. The summed E-state index contributed by atoms with van der Waals surface area (Å²) in [6, 6.07) is 1.10. The van der Waals surface area contributed by atoms with Crippen LogP contribution >= 0.6 is 0 Å². The average Bonchev–Trinajstić information content (AvgIpc) is 2.46. The Morgan fingerprint density at radius 3 is 2.81 bits per heavy atom. The summed E-state index contributed by atoms with van der Waals surface area (Å²) in [6.45, 7) is 11.6. The van der Waals surface area contributed by atoms with E-state index in [9.17, 15) is 4.79 Å². The maximum atomic E-state index is 11.8. The molecule has 0 aromatic carbocycles. The molecule has 21 heavy (non-hydrogen) atoms. The number of hydrogen-bond acceptors (Lipinski definition) is 4. The van der Waals surface area contributed by atoms with Crippen LogP contribution in [0.4, 0.5) is 0 Å². The number of nitrogens with zero attached hydrogens (tertiary/aromatic N) is 2. The van der Waals surface area contributed by atoms with E-state index in [1.165, 1.54) is 32.4 Å². The van der Waals surface area contributed by atoms with Crippen LogP contribution < -0.4 is 11.1 Å². The van der Waals surface area contributed by atoms with Crippen LogP contribution in [0, 0.1) is 0 Å². The third kappa shape index (κ3) is 3.96. The molecule has 3 unspecified atom stereocenters. The first-order valence-corrected chi connectivity index (χ1v) is 8.49. The van der Waals surface area contributed by atoms with Gasteiger partial charge in [-0.2, -0.15) is 0 Å². The number of carbonyl (C=O) groups excluding carboxylic acids is 1. The number of hydrogen-bond donors (Lipinski definition) is 2. The van der Waals surface area contributed by atoms with Crippen molar-refractivity contribution in [2.24, 2.45) is 5.73 Å². The number of rotatable bonds is 6. The number of nitrogens with one attached hydrogen (secondary N) is 1. The van der Waals surface area contributed by atoms with E-state index < -0.39 is 5.54 Å². The Kier molecular flexibility index (Phi) is 5.63. The molecular weight excluding hydrogens is 264 g/mol. The SMILES string of the molecule is CCNC(C)(CC(C)N1CCN2CCCCC2C1)C(N)=O. The van der Waals surface area contributed by atoms with Crippen molar-refractivity contribution in [3.63, 3.8) is 0 Å². The summed E-state index contributed by atoms with van der Waals surface area (Å²) in [6.07, 6.45) is 4.82. The van der Waals surface area contributed by atoms with Crippen molar-refractivity contribution in [2.75, 3.05) is 32.7 Å². The first-order valence-electron chi connectivity index (χ1n) is 8.49. The fourth-order valence-corrected chi connectivity index (χ4v) is 3.95. The molecule has 0 radical (unpaired) electrons. The molecule has 1 amide bonds. The molecule has 5 heteroatoms. The van der Waals surface area contributed by atoms with Crippen LogP contribution in [-0.2, 0) is 4.79 Å². The zero-order valence-corrected chi connectivity index (χ0v) is 13.9. The van der Waals surface area contributed by atoms with E-state index in [4.69, 9.17) is 5.73 Å². The first kappa shape index (κ1) is 16.7. The number of carbonyl (C=O) groups is 1. The highest BCUT2D eigenvalue weighted by molar-refractivity contribution is 5.84. The third-order valence-corrected chi connectivity index (χ3v) is 5.31. The summed E-state index contributed by atoms with van der Waals surface area (Å²) in [5, 5.41) is 3.27. The molecule has 2 aliphatic rings. The molecule has 0 bridgehead atoms. The lowest BCUT2D eigenvalue weighted by Crippen LogP contribution is -2.60. The molecule has 3 N–H and O–H groups in total. The van der Waals surface area contributed by atoms with Gasteiger partial charge in [0.15, 0.2) is 0 Å². The van der Waals surface area contributed by atoms with Crippen LogP contribution in [0.3, 0.4) is 0 Å². The zero-order chi connectivity index (χ0) is 15.5. The predicted molar refractivity (Wildman–Crippen MR) is 86.1 cm³/mol. The van der Waals surface area contributed by atoms with Crippen LogP contribution in [0.25, 0.3) is 0 Å². The summed E-state index contributed by atoms with van der Waals surface area (Å²) in [7, 11) is 0. The van der Waals surface area contributed by atoms with Gasteiger partial charge in [-0.05, 0) is 46.2 Å². The second-order valence-corrected chi connectivity index (χ2v) is 6.96. The lowest BCUT2D eigenvalue weighted by molar-refractivity contribution is -0.124. The Balaban J connectivity index is 1.93. The fourth-order valence-electron chi connectivity index (χ4n) is 3.95. The van der Waals surface area contributed by atoms with Gasteiger partial charge in [0, 0.05) is 31.7 Å². The van der Waals surface area contributed by atoms with Crippen LogP contribution in [0.1, 0.15) is 46.5 Å². The number of primary amides is 1. The van der Waals surface area contributed by atoms with E-state index in [0.29, 0.717) is 12.1 Å². The van der Waals surface area contributed by atoms with Crippen molar-refractivity contribution in [3.05, 3.63) is 0 Å². The molecule has 0 aromatic heterocycles. The minimum Gasteiger partial charge on any atom is -0.368 e. The number of nitrogens with two attached hydrogens (primary N) is 1. The summed E-state index contributed by atoms with van der Waals surface area (Å²) in [5.74, 6) is -0.243. The number of amides is 1. The standard InChI is InChI=1S/C16H32N4O/c1-4-18-16(3,15(17)21)11-13(2)20-10-9-19-8-6-5-7-14(19)12-20/h13-14,18H,4-12H2,1-3H3,(H2,17,21). The van der Waals surface area contributed by atoms with Gasteiger partial charge in [0.25, 0.3) is 0 Å². The first-order chi connectivity index (χ1) is 9.96. The lowest BCUT2D eigenvalue weighted by atomic mass is 9.90. The minimum atomic E-state index is -0.599. The quantitative estimate of drug-likeness (QED) is 0.761. The maximum absolute atomic E-state index is 11.8. The van der Waals surface area contributed by atoms with Crippen LogP contribution in [0.15, 0.2) is 0 Å². The Hall–Kier alpha value is -0.650. The van der Waals surface area contributed by atoms with Gasteiger partial charge in [-0.3, -0.25) is 14.6 Å². The van der Waals surface area contributed by atoms with Crippen LogP contribution in [-0.4, -0.2) is 66.1 Å². The molecule has 5 nitrogen and oxygen atoms in total. The molecule has 0 aliphatic carbocycles. The van der Waals surface area contributed by atoms with Gasteiger partial charge in [-0.25, -0.2) is 0 Å². The van der Waals surface area contributed by atoms with Crippen molar-refractivity contribution in [1.29, 1.82) is 0 Å². The summed E-state index contributed by atoms with van der Waals surface area (Å²) in [5.41, 5.74) is 5.01. The van der Waals surface area contributed by atoms with Crippen LogP contribution in [0.2, 0.25) is 0 Å². The lowest BCUT2D eigenvalue weighted by Gasteiger charge is -2.47. The highest BCUT2D eigenvalue weighted by Crippen LogP contribution is 2.24. The molecule has 0 spiro atoms. The Labute approximate surface area is 129 Å². The topological polar surface area (TPSA) is 61.6 Å². The Morgan fingerprint density at radius 1 is 1.38 bits per heavy atom. The predicted octanol–water partition coefficient (Wildman–Crippen LogP) is 0.789. The van der Waals surface area contributed by atoms with E-state index in [0.717, 1.165) is 26.1 Å². The van der Waals surface area contributed by atoms with Crippen molar-refractivity contribution in [1.82, 2.24) is 15.1 Å². The maximum Gasteiger partial charge on any atom is 0.237 e. The van der Waals surface area contributed by atoms with Gasteiger partial charge < -0.3 is 11.1 Å². The largest absolute Gasteiger partial charge is 0.368 e. The second-order valence-electron chi connectivity index (χ2n) is 6.96.